The van der Waals surface area contributed by atoms with E-state index < -0.39 is 0 Å². The lowest BCUT2D eigenvalue weighted by Crippen LogP contribution is -2.33. The molecule has 7 aromatic carbocycles. The van der Waals surface area contributed by atoms with Crippen molar-refractivity contribution in [3.05, 3.63) is 202 Å². The van der Waals surface area contributed by atoms with Gasteiger partial charge in [-0.3, -0.25) is 0 Å². The summed E-state index contributed by atoms with van der Waals surface area (Å²) in [4.78, 5) is 5.36. The second kappa shape index (κ2) is 8.94. The second-order valence-corrected chi connectivity index (χ2v) is 14.9. The summed E-state index contributed by atoms with van der Waals surface area (Å²) < 4.78 is 0. The maximum absolute atomic E-state index is 2.59. The molecule has 7 aromatic rings. The highest BCUT2D eigenvalue weighted by atomic mass is 32.2. The highest BCUT2D eigenvalue weighted by Gasteiger charge is 2.54. The van der Waals surface area contributed by atoms with Crippen molar-refractivity contribution in [1.82, 2.24) is 0 Å². The van der Waals surface area contributed by atoms with Gasteiger partial charge in [-0.1, -0.05) is 145 Å². The molecule has 0 unspecified atom stereocenters. The molecule has 0 aromatic heterocycles. The minimum absolute atomic E-state index is 0.387. The molecule has 2 heterocycles. The minimum atomic E-state index is -0.387. The first-order chi connectivity index (χ1) is 22.8. The van der Waals surface area contributed by atoms with Crippen molar-refractivity contribution in [1.29, 1.82) is 0 Å². The Hall–Kier alpha value is -4.76. The molecule has 0 bridgehead atoms. The third-order valence-electron chi connectivity index (χ3n) is 10.8. The number of benzene rings is 7. The van der Waals surface area contributed by atoms with E-state index in [2.05, 4.69) is 158 Å². The lowest BCUT2D eigenvalue weighted by molar-refractivity contribution is 0.714. The summed E-state index contributed by atoms with van der Waals surface area (Å²) in [6.07, 6.45) is 0. The molecular weight excluding hydrogens is 593 g/mol. The van der Waals surface area contributed by atoms with E-state index in [1.165, 1.54) is 86.3 Å². The summed E-state index contributed by atoms with van der Waals surface area (Å²) in [7, 11) is 0. The van der Waals surface area contributed by atoms with Gasteiger partial charge in [-0.25, -0.2) is 0 Å². The number of hydrogen-bond acceptors (Lipinski definition) is 2. The molecule has 0 atom stereocenters. The quantitative estimate of drug-likeness (QED) is 0.166. The van der Waals surface area contributed by atoms with Gasteiger partial charge in [0, 0.05) is 19.6 Å². The van der Waals surface area contributed by atoms with Gasteiger partial charge in [0.1, 0.15) is 0 Å². The van der Waals surface area contributed by atoms with Crippen LogP contribution in [0.5, 0.6) is 0 Å². The molecule has 46 heavy (non-hydrogen) atoms. The molecular formula is C44H26S2. The second-order valence-electron chi connectivity index (χ2n) is 12.7. The Balaban J connectivity index is 1.33. The smallest absolute Gasteiger partial charge is 0.0735 e. The average Bonchev–Trinajstić information content (AvgIpc) is 3.56. The van der Waals surface area contributed by atoms with Crippen LogP contribution in [0, 0.1) is 0 Å². The SMILES string of the molecule is c1ccc2c(c1)Sc1ccccc1C21c2ccccc2-c2cc3c(cc21)-c1ccccc1C31c2ccccc2Sc2ccccc21. The van der Waals surface area contributed by atoms with E-state index in [4.69, 9.17) is 0 Å². The van der Waals surface area contributed by atoms with Gasteiger partial charge < -0.3 is 0 Å². The van der Waals surface area contributed by atoms with Gasteiger partial charge in [0.15, 0.2) is 0 Å². The Kier molecular flexibility index (Phi) is 4.94. The van der Waals surface area contributed by atoms with Crippen LogP contribution in [-0.4, -0.2) is 0 Å². The average molecular weight is 619 g/mol. The normalized spacial score (nSPS) is 16.0. The van der Waals surface area contributed by atoms with E-state index in [1.807, 2.05) is 23.5 Å². The molecule has 0 nitrogen and oxygen atoms in total. The molecule has 0 amide bonds. The first-order valence-corrected chi connectivity index (χ1v) is 17.6. The van der Waals surface area contributed by atoms with Gasteiger partial charge in [-0.15, -0.1) is 0 Å². The standard InChI is InChI=1S/C44H26S2/c1-3-15-31-27(13-1)29-25-38-30(26-37(29)43(31)33-17-5-9-21-39(33)45-40-22-10-6-18-34(40)43)28-14-2-4-16-32(28)44(38)35-19-7-11-23-41(35)46-42-24-12-8-20-36(42)44/h1-26H. The predicted molar refractivity (Wildman–Crippen MR) is 189 cm³/mol. The zero-order chi connectivity index (χ0) is 30.0. The van der Waals surface area contributed by atoms with Crippen molar-refractivity contribution in [2.24, 2.45) is 0 Å². The molecule has 0 saturated heterocycles. The van der Waals surface area contributed by atoms with E-state index in [0.717, 1.165) is 0 Å². The highest BCUT2D eigenvalue weighted by Crippen LogP contribution is 2.67. The van der Waals surface area contributed by atoms with Gasteiger partial charge in [-0.05, 0) is 103 Å². The fourth-order valence-electron chi connectivity index (χ4n) is 9.20. The molecule has 11 rings (SSSR count). The fraction of sp³-hybridized carbons (Fsp3) is 0.0455. The third kappa shape index (κ3) is 2.88. The summed E-state index contributed by atoms with van der Waals surface area (Å²) in [5, 5.41) is 0. The Morgan fingerprint density at radius 3 is 0.891 bits per heavy atom. The molecule has 2 aliphatic heterocycles. The number of fused-ring (bicyclic) bond motifs is 18. The van der Waals surface area contributed by atoms with E-state index in [0.29, 0.717) is 0 Å². The van der Waals surface area contributed by atoms with Crippen molar-refractivity contribution in [3.8, 4) is 22.3 Å². The Morgan fingerprint density at radius 1 is 0.261 bits per heavy atom. The Morgan fingerprint density at radius 2 is 0.543 bits per heavy atom. The third-order valence-corrected chi connectivity index (χ3v) is 13.1. The minimum Gasteiger partial charge on any atom is -0.0894 e. The van der Waals surface area contributed by atoms with Crippen LogP contribution in [0.15, 0.2) is 177 Å². The Bertz CT molecular complexity index is 2190. The number of hydrogen-bond donors (Lipinski definition) is 0. The van der Waals surface area contributed by atoms with Gasteiger partial charge in [-0.2, -0.15) is 0 Å². The van der Waals surface area contributed by atoms with E-state index >= 15 is 0 Å². The van der Waals surface area contributed by atoms with Crippen molar-refractivity contribution < 1.29 is 0 Å². The zero-order valence-electron chi connectivity index (χ0n) is 24.8. The van der Waals surface area contributed by atoms with Crippen molar-refractivity contribution in [3.63, 3.8) is 0 Å². The maximum atomic E-state index is 2.59. The van der Waals surface area contributed by atoms with Crippen molar-refractivity contribution in [2.45, 2.75) is 30.4 Å². The van der Waals surface area contributed by atoms with Crippen LogP contribution in [-0.2, 0) is 10.8 Å². The van der Waals surface area contributed by atoms with E-state index in [1.54, 1.807) is 0 Å². The van der Waals surface area contributed by atoms with Crippen molar-refractivity contribution >= 4 is 23.5 Å². The first kappa shape index (κ1) is 25.4. The topological polar surface area (TPSA) is 0 Å². The van der Waals surface area contributed by atoms with Crippen LogP contribution >= 0.6 is 23.5 Å². The van der Waals surface area contributed by atoms with Gasteiger partial charge >= 0.3 is 0 Å². The molecule has 0 radical (unpaired) electrons. The highest BCUT2D eigenvalue weighted by molar-refractivity contribution is 7.99. The summed E-state index contributed by atoms with van der Waals surface area (Å²) >= 11 is 3.81. The molecule has 2 spiro atoms. The van der Waals surface area contributed by atoms with Gasteiger partial charge in [0.05, 0.1) is 10.8 Å². The summed E-state index contributed by atoms with van der Waals surface area (Å²) in [5.74, 6) is 0. The first-order valence-electron chi connectivity index (χ1n) is 15.9. The summed E-state index contributed by atoms with van der Waals surface area (Å²) in [6, 6.07) is 59.9. The fourth-order valence-corrected chi connectivity index (χ4v) is 11.6. The number of rotatable bonds is 0. The molecule has 214 valence electrons. The monoisotopic (exact) mass is 618 g/mol. The van der Waals surface area contributed by atoms with Crippen LogP contribution in [0.1, 0.15) is 44.5 Å². The zero-order valence-corrected chi connectivity index (χ0v) is 26.5. The molecule has 2 aliphatic carbocycles. The van der Waals surface area contributed by atoms with Crippen LogP contribution in [0.4, 0.5) is 0 Å². The predicted octanol–water partition coefficient (Wildman–Crippen LogP) is 11.3. The van der Waals surface area contributed by atoms with E-state index in [9.17, 15) is 0 Å². The molecule has 0 saturated carbocycles. The maximum Gasteiger partial charge on any atom is 0.0735 e. The van der Waals surface area contributed by atoms with Crippen molar-refractivity contribution in [2.75, 3.05) is 0 Å². The van der Waals surface area contributed by atoms with Gasteiger partial charge in [0.25, 0.3) is 0 Å². The van der Waals surface area contributed by atoms with Crippen LogP contribution in [0.2, 0.25) is 0 Å². The molecule has 4 aliphatic rings. The van der Waals surface area contributed by atoms with Gasteiger partial charge in [0.2, 0.25) is 0 Å². The lowest BCUT2D eigenvalue weighted by atomic mass is 9.65. The summed E-state index contributed by atoms with van der Waals surface area (Å²) in [5.41, 5.74) is 15.7. The molecule has 2 heteroatoms. The lowest BCUT2D eigenvalue weighted by Gasteiger charge is -2.40. The molecule has 0 fully saturated rings. The van der Waals surface area contributed by atoms with E-state index in [-0.39, 0.29) is 10.8 Å². The molecule has 0 N–H and O–H groups in total. The Labute approximate surface area is 277 Å². The summed E-state index contributed by atoms with van der Waals surface area (Å²) in [6.45, 7) is 0. The largest absolute Gasteiger partial charge is 0.0894 e. The van der Waals surface area contributed by atoms with Crippen LogP contribution in [0.3, 0.4) is 0 Å². The van der Waals surface area contributed by atoms with Crippen LogP contribution < -0.4 is 0 Å². The van der Waals surface area contributed by atoms with Crippen LogP contribution in [0.25, 0.3) is 22.3 Å².